The van der Waals surface area contributed by atoms with E-state index in [0.717, 1.165) is 60.1 Å². The molecule has 6 aliphatic heterocycles. The molecule has 4 aromatic rings. The molecule has 0 aliphatic carbocycles. The van der Waals surface area contributed by atoms with E-state index < -0.39 is 10.8 Å². The van der Waals surface area contributed by atoms with E-state index in [1.54, 1.807) is 24.3 Å². The van der Waals surface area contributed by atoms with Crippen LogP contribution in [0.25, 0.3) is 0 Å². The molecule has 18 nitrogen and oxygen atoms in total. The predicted molar refractivity (Wildman–Crippen MR) is 318 cm³/mol. The number of nitrogens with one attached hydrogen (secondary N) is 4. The first-order chi connectivity index (χ1) is 39.5. The number of carbonyl (C=O) groups excluding carboxylic acids is 4. The molecule has 6 atom stereocenters. The molecular formula is C63H86F2N12O6. The highest BCUT2D eigenvalue weighted by Crippen LogP contribution is 2.41. The number of anilines is 2. The van der Waals surface area contributed by atoms with E-state index in [1.807, 2.05) is 59.4 Å². The average molecular weight is 1150 g/mol. The lowest BCUT2D eigenvalue weighted by molar-refractivity contribution is -0.136. The summed E-state index contributed by atoms with van der Waals surface area (Å²) in [7, 11) is 0. The van der Waals surface area contributed by atoms with Crippen molar-refractivity contribution in [1.82, 2.24) is 50.0 Å². The van der Waals surface area contributed by atoms with Crippen molar-refractivity contribution in [2.75, 3.05) is 115 Å². The van der Waals surface area contributed by atoms with Gasteiger partial charge in [-0.1, -0.05) is 52.0 Å². The fourth-order valence-corrected chi connectivity index (χ4v) is 13.6. The molecule has 10 rings (SSSR count). The van der Waals surface area contributed by atoms with Gasteiger partial charge in [0.05, 0.1) is 24.5 Å². The summed E-state index contributed by atoms with van der Waals surface area (Å²) in [6.07, 6.45) is 1.74. The zero-order valence-corrected chi connectivity index (χ0v) is 49.9. The minimum absolute atomic E-state index is 0.0242. The maximum atomic E-state index is 14.4. The summed E-state index contributed by atoms with van der Waals surface area (Å²) in [5, 5.41) is 7.26. The Balaban J connectivity index is 0.672. The van der Waals surface area contributed by atoms with Crippen LogP contribution in [0.2, 0.25) is 0 Å². The molecule has 20 heteroatoms. The minimum Gasteiger partial charge on any atom is -0.340 e. The van der Waals surface area contributed by atoms with Gasteiger partial charge in [-0.3, -0.25) is 48.4 Å². The highest BCUT2D eigenvalue weighted by Gasteiger charge is 2.43. The highest BCUT2D eigenvalue weighted by molar-refractivity contribution is 5.98. The van der Waals surface area contributed by atoms with Gasteiger partial charge in [0, 0.05) is 187 Å². The number of aromatic nitrogens is 2. The second kappa shape index (κ2) is 24.8. The Morgan fingerprint density at radius 3 is 1.29 bits per heavy atom. The smallest absolute Gasteiger partial charge is 0.251 e. The van der Waals surface area contributed by atoms with E-state index in [0.29, 0.717) is 109 Å². The molecule has 0 unspecified atom stereocenters. The van der Waals surface area contributed by atoms with Gasteiger partial charge in [-0.05, 0) is 81.6 Å². The minimum atomic E-state index is -0.452. The number of fused-ring (bicyclic) bond motifs is 2. The normalized spacial score (nSPS) is 24.9. The van der Waals surface area contributed by atoms with E-state index in [9.17, 15) is 37.5 Å². The van der Waals surface area contributed by atoms with Gasteiger partial charge in [0.15, 0.2) is 0 Å². The molecule has 4 amide bonds. The quantitative estimate of drug-likeness (QED) is 0.127. The summed E-state index contributed by atoms with van der Waals surface area (Å²) in [5.41, 5.74) is 4.28. The van der Waals surface area contributed by atoms with Crippen LogP contribution in [0, 0.1) is 11.6 Å². The van der Waals surface area contributed by atoms with Crippen LogP contribution >= 0.6 is 0 Å². The molecule has 0 bridgehead atoms. The first-order valence-corrected chi connectivity index (χ1v) is 30.1. The molecule has 6 aliphatic rings. The van der Waals surface area contributed by atoms with Crippen LogP contribution in [0.1, 0.15) is 108 Å². The van der Waals surface area contributed by atoms with E-state index in [1.165, 1.54) is 24.3 Å². The van der Waals surface area contributed by atoms with Crippen molar-refractivity contribution in [2.24, 2.45) is 0 Å². The van der Waals surface area contributed by atoms with E-state index in [4.69, 9.17) is 0 Å². The van der Waals surface area contributed by atoms with Gasteiger partial charge in [0.2, 0.25) is 23.6 Å². The Kier molecular flexibility index (Phi) is 17.9. The molecule has 4 fully saturated rings. The highest BCUT2D eigenvalue weighted by atomic mass is 19.1. The fourth-order valence-electron chi connectivity index (χ4n) is 13.6. The number of halogens is 2. The molecule has 2 aromatic carbocycles. The molecule has 0 spiro atoms. The molecule has 83 heavy (non-hydrogen) atoms. The largest absolute Gasteiger partial charge is 0.340 e. The molecule has 4 N–H and O–H groups in total. The van der Waals surface area contributed by atoms with Crippen LogP contribution < -0.4 is 31.6 Å². The van der Waals surface area contributed by atoms with Gasteiger partial charge in [0.25, 0.3) is 11.1 Å². The second-order valence-corrected chi connectivity index (χ2v) is 26.1. The number of pyridine rings is 2. The molecule has 0 radical (unpaired) electrons. The number of nitrogens with zero attached hydrogens (tertiary/aromatic N) is 8. The lowest BCUT2D eigenvalue weighted by Crippen LogP contribution is -2.63. The molecule has 0 saturated carbocycles. The van der Waals surface area contributed by atoms with Crippen molar-refractivity contribution in [1.29, 1.82) is 0 Å². The first-order valence-electron chi connectivity index (χ1n) is 30.1. The summed E-state index contributed by atoms with van der Waals surface area (Å²) in [4.78, 5) is 106. The van der Waals surface area contributed by atoms with Gasteiger partial charge < -0.3 is 40.2 Å². The molecule has 2 aromatic heterocycles. The van der Waals surface area contributed by atoms with Crippen molar-refractivity contribution < 1.29 is 28.0 Å². The SMILES string of the molecule is C[C@@H]1CN(CC(=O)N2CC(C)(C)c3[nH]c(=O)c(Cc4ccc(F)cc4)cc32)[C@@H](CN2CCN(C(=O)CCCC(=O)N3CCN(C[C@H]4CN[C@H](C)CN4CC(=O)N4CC(C)(C)c5[nH]c(=O)c(Cc6ccc(F)cc6)cc54)[C@H](C)C3)C[C@H]2C)CN1. The van der Waals surface area contributed by atoms with Gasteiger partial charge >= 0.3 is 0 Å². The van der Waals surface area contributed by atoms with Crippen LogP contribution in [0.15, 0.2) is 70.3 Å². The van der Waals surface area contributed by atoms with E-state index in [-0.39, 0.29) is 95.7 Å². The third kappa shape index (κ3) is 13.7. The maximum absolute atomic E-state index is 14.4. The van der Waals surface area contributed by atoms with Gasteiger partial charge in [0.1, 0.15) is 11.6 Å². The number of H-pyrrole nitrogens is 2. The van der Waals surface area contributed by atoms with Crippen molar-refractivity contribution in [3.63, 3.8) is 0 Å². The van der Waals surface area contributed by atoms with Crippen molar-refractivity contribution >= 4 is 35.0 Å². The van der Waals surface area contributed by atoms with Gasteiger partial charge in [-0.2, -0.15) is 0 Å². The number of carbonyl (C=O) groups is 4. The van der Waals surface area contributed by atoms with Crippen molar-refractivity contribution in [2.45, 2.75) is 135 Å². The van der Waals surface area contributed by atoms with Crippen LogP contribution in [-0.4, -0.2) is 204 Å². The van der Waals surface area contributed by atoms with E-state index in [2.05, 4.69) is 67.9 Å². The van der Waals surface area contributed by atoms with Crippen LogP contribution in [0.3, 0.4) is 0 Å². The summed E-state index contributed by atoms with van der Waals surface area (Å²) >= 11 is 0. The number of amides is 4. The summed E-state index contributed by atoms with van der Waals surface area (Å²) in [6, 6.07) is 16.6. The van der Waals surface area contributed by atoms with Gasteiger partial charge in [-0.15, -0.1) is 0 Å². The Labute approximate surface area is 486 Å². The Morgan fingerprint density at radius 2 is 0.916 bits per heavy atom. The van der Waals surface area contributed by atoms with E-state index >= 15 is 0 Å². The zero-order valence-electron chi connectivity index (χ0n) is 49.9. The number of benzene rings is 2. The van der Waals surface area contributed by atoms with Crippen molar-refractivity contribution in [3.05, 3.63) is 127 Å². The first kappa shape index (κ1) is 60.0. The lowest BCUT2D eigenvalue weighted by Gasteiger charge is -2.46. The Hall–Kier alpha value is -6.16. The van der Waals surface area contributed by atoms with Crippen LogP contribution in [0.4, 0.5) is 20.2 Å². The van der Waals surface area contributed by atoms with Crippen molar-refractivity contribution in [3.8, 4) is 0 Å². The number of hydrogen-bond donors (Lipinski definition) is 4. The summed E-state index contributed by atoms with van der Waals surface area (Å²) < 4.78 is 27.3. The average Bonchev–Trinajstić information content (AvgIpc) is 2.14. The number of aromatic amines is 2. The second-order valence-electron chi connectivity index (χ2n) is 26.1. The molecule has 8 heterocycles. The standard InChI is InChI=1S/C63H86F2N12O6/c1-40-30-74(36-56(80)76-38-62(5,6)58-52(76)26-46(60(82)68-58)24-44-12-16-48(64)17-13-44)50(28-66-40)34-70-20-22-72(32-42(70)3)54(78)10-9-11-55(79)73-23-21-71(43(4)33-73)35-51-29-67-41(2)31-75(51)37-57(81)77-39-63(7,8)59-53(77)27-47(61(83)69-59)25-45-14-18-49(65)19-15-45/h12-19,26-27,40-43,50-51,66-67H,9-11,20-25,28-39H2,1-8H3,(H,68,82)(H,69,83)/t40-,41-,42-,43-,50-,51-/m1/s1. The third-order valence-corrected chi connectivity index (χ3v) is 18.5. The lowest BCUT2D eigenvalue weighted by atomic mass is 9.91. The third-order valence-electron chi connectivity index (χ3n) is 18.5. The topological polar surface area (TPSA) is 184 Å². The summed E-state index contributed by atoms with van der Waals surface area (Å²) in [5.74, 6) is -0.592. The van der Waals surface area contributed by atoms with Crippen LogP contribution in [0.5, 0.6) is 0 Å². The summed E-state index contributed by atoms with van der Waals surface area (Å²) in [6.45, 7) is 26.2. The fraction of sp³-hybridized carbons (Fsp3) is 0.587. The number of piperazine rings is 4. The molecular weight excluding hydrogens is 1060 g/mol. The van der Waals surface area contributed by atoms with Crippen LogP contribution in [-0.2, 0) is 42.8 Å². The Morgan fingerprint density at radius 1 is 0.530 bits per heavy atom. The molecule has 448 valence electrons. The monoisotopic (exact) mass is 1140 g/mol. The predicted octanol–water partition coefficient (Wildman–Crippen LogP) is 4.03. The number of hydrogen-bond acceptors (Lipinski definition) is 12. The van der Waals surface area contributed by atoms with Gasteiger partial charge in [-0.25, -0.2) is 8.78 Å². The number of rotatable bonds is 16. The Bertz CT molecular complexity index is 2940. The zero-order chi connectivity index (χ0) is 59.1. The maximum Gasteiger partial charge on any atom is 0.251 e. The molecule has 4 saturated heterocycles.